The average molecular weight is 308 g/mol. The smallest absolute Gasteiger partial charge is 0.355 e. The standard InChI is InChI=1S/C14H16N2O4S/c1-7(2)11-4-9(8(3)20-11)13(17)15-5-12-16-10(6-21-12)14(18)19/h4,6-7H,5H2,1-3H3,(H,15,17)(H,18,19). The van der Waals surface area contributed by atoms with Gasteiger partial charge in [0.2, 0.25) is 0 Å². The molecule has 2 aromatic rings. The van der Waals surface area contributed by atoms with E-state index in [2.05, 4.69) is 10.3 Å². The van der Waals surface area contributed by atoms with Crippen LogP contribution in [0.1, 0.15) is 57.1 Å². The van der Waals surface area contributed by atoms with Gasteiger partial charge in [-0.15, -0.1) is 11.3 Å². The van der Waals surface area contributed by atoms with Crippen LogP contribution in [0, 0.1) is 6.92 Å². The van der Waals surface area contributed by atoms with Crippen LogP contribution in [0.4, 0.5) is 0 Å². The third-order valence-electron chi connectivity index (χ3n) is 2.92. The van der Waals surface area contributed by atoms with Crippen LogP contribution in [-0.2, 0) is 6.54 Å². The number of nitrogens with one attached hydrogen (secondary N) is 1. The zero-order valence-corrected chi connectivity index (χ0v) is 12.8. The number of thiazole rings is 1. The molecular weight excluding hydrogens is 292 g/mol. The van der Waals surface area contributed by atoms with Gasteiger partial charge in [0.1, 0.15) is 16.5 Å². The van der Waals surface area contributed by atoms with Gasteiger partial charge in [-0.3, -0.25) is 4.79 Å². The number of hydrogen-bond donors (Lipinski definition) is 2. The van der Waals surface area contributed by atoms with Crippen LogP contribution < -0.4 is 5.32 Å². The number of rotatable bonds is 5. The molecule has 0 fully saturated rings. The van der Waals surface area contributed by atoms with Gasteiger partial charge in [0.05, 0.1) is 12.1 Å². The Morgan fingerprint density at radius 3 is 2.71 bits per heavy atom. The van der Waals surface area contributed by atoms with Crippen molar-refractivity contribution in [1.82, 2.24) is 10.3 Å². The number of aromatic nitrogens is 1. The number of aryl methyl sites for hydroxylation is 1. The molecule has 0 saturated heterocycles. The highest BCUT2D eigenvalue weighted by Gasteiger charge is 2.17. The third-order valence-corrected chi connectivity index (χ3v) is 3.77. The fraction of sp³-hybridized carbons (Fsp3) is 0.357. The Bertz CT molecular complexity index is 672. The van der Waals surface area contributed by atoms with Crippen molar-refractivity contribution in [3.8, 4) is 0 Å². The van der Waals surface area contributed by atoms with Gasteiger partial charge in [-0.2, -0.15) is 0 Å². The molecule has 0 aliphatic rings. The zero-order chi connectivity index (χ0) is 15.6. The first-order chi connectivity index (χ1) is 9.88. The number of carbonyl (C=O) groups is 2. The summed E-state index contributed by atoms with van der Waals surface area (Å²) in [6.45, 7) is 5.91. The van der Waals surface area contributed by atoms with Crippen LogP contribution in [0.3, 0.4) is 0 Å². The van der Waals surface area contributed by atoms with E-state index in [1.807, 2.05) is 13.8 Å². The monoisotopic (exact) mass is 308 g/mol. The van der Waals surface area contributed by atoms with E-state index in [9.17, 15) is 9.59 Å². The fourth-order valence-electron chi connectivity index (χ4n) is 1.76. The predicted octanol–water partition coefficient (Wildman–Crippen LogP) is 2.80. The molecule has 0 bridgehead atoms. The minimum absolute atomic E-state index is 0.00849. The Morgan fingerprint density at radius 2 is 2.19 bits per heavy atom. The molecule has 2 rings (SSSR count). The summed E-state index contributed by atoms with van der Waals surface area (Å²) in [4.78, 5) is 26.7. The summed E-state index contributed by atoms with van der Waals surface area (Å²) in [7, 11) is 0. The van der Waals surface area contributed by atoms with Crippen molar-refractivity contribution < 1.29 is 19.1 Å². The van der Waals surface area contributed by atoms with Gasteiger partial charge in [0, 0.05) is 11.3 Å². The fourth-order valence-corrected chi connectivity index (χ4v) is 2.46. The second kappa shape index (κ2) is 6.09. The molecule has 0 saturated carbocycles. The first kappa shape index (κ1) is 15.2. The van der Waals surface area contributed by atoms with Crippen LogP contribution in [0.25, 0.3) is 0 Å². The normalized spacial score (nSPS) is 10.9. The van der Waals surface area contributed by atoms with E-state index in [-0.39, 0.29) is 24.1 Å². The minimum Gasteiger partial charge on any atom is -0.476 e. The molecule has 0 unspecified atom stereocenters. The summed E-state index contributed by atoms with van der Waals surface area (Å²) in [6, 6.07) is 1.74. The Kier molecular flexibility index (Phi) is 4.42. The Labute approximate surface area is 125 Å². The molecule has 2 heterocycles. The predicted molar refractivity (Wildman–Crippen MR) is 77.8 cm³/mol. The number of hydrogen-bond acceptors (Lipinski definition) is 5. The topological polar surface area (TPSA) is 92.4 Å². The summed E-state index contributed by atoms with van der Waals surface area (Å²) in [5.41, 5.74) is 0.486. The number of carbonyl (C=O) groups excluding carboxylic acids is 1. The van der Waals surface area contributed by atoms with E-state index in [1.54, 1.807) is 13.0 Å². The minimum atomic E-state index is -1.07. The maximum Gasteiger partial charge on any atom is 0.355 e. The number of nitrogens with zero attached hydrogens (tertiary/aromatic N) is 1. The lowest BCUT2D eigenvalue weighted by Gasteiger charge is -2.01. The lowest BCUT2D eigenvalue weighted by molar-refractivity contribution is 0.0691. The number of carboxylic acids is 1. The zero-order valence-electron chi connectivity index (χ0n) is 12.0. The van der Waals surface area contributed by atoms with Gasteiger partial charge < -0.3 is 14.8 Å². The van der Waals surface area contributed by atoms with E-state index in [0.717, 1.165) is 5.76 Å². The molecule has 0 atom stereocenters. The number of amides is 1. The summed E-state index contributed by atoms with van der Waals surface area (Å²) in [5, 5.41) is 13.5. The molecule has 21 heavy (non-hydrogen) atoms. The summed E-state index contributed by atoms with van der Waals surface area (Å²) < 4.78 is 5.53. The molecule has 0 aliphatic heterocycles. The van der Waals surface area contributed by atoms with Crippen LogP contribution >= 0.6 is 11.3 Å². The molecule has 0 aromatic carbocycles. The van der Waals surface area contributed by atoms with Crippen molar-refractivity contribution in [1.29, 1.82) is 0 Å². The highest BCUT2D eigenvalue weighted by molar-refractivity contribution is 7.09. The molecule has 0 radical (unpaired) electrons. The summed E-state index contributed by atoms with van der Waals surface area (Å²) >= 11 is 1.20. The first-order valence-electron chi connectivity index (χ1n) is 6.44. The molecule has 6 nitrogen and oxygen atoms in total. The highest BCUT2D eigenvalue weighted by atomic mass is 32.1. The van der Waals surface area contributed by atoms with Crippen molar-refractivity contribution in [3.05, 3.63) is 39.2 Å². The average Bonchev–Trinajstić information content (AvgIpc) is 3.02. The molecule has 2 aromatic heterocycles. The largest absolute Gasteiger partial charge is 0.476 e. The quantitative estimate of drug-likeness (QED) is 0.886. The lowest BCUT2D eigenvalue weighted by atomic mass is 10.1. The lowest BCUT2D eigenvalue weighted by Crippen LogP contribution is -2.23. The first-order valence-corrected chi connectivity index (χ1v) is 7.32. The van der Waals surface area contributed by atoms with Crippen LogP contribution in [-0.4, -0.2) is 22.0 Å². The van der Waals surface area contributed by atoms with Gasteiger partial charge in [-0.1, -0.05) is 13.8 Å². The number of furan rings is 1. The second-order valence-corrected chi connectivity index (χ2v) is 5.83. The SMILES string of the molecule is Cc1oc(C(C)C)cc1C(=O)NCc1nc(C(=O)O)cs1. The van der Waals surface area contributed by atoms with Crippen molar-refractivity contribution in [2.24, 2.45) is 0 Å². The van der Waals surface area contributed by atoms with Gasteiger partial charge in [0.25, 0.3) is 5.91 Å². The summed E-state index contributed by atoms with van der Waals surface area (Å²) in [6.07, 6.45) is 0. The maximum atomic E-state index is 12.1. The van der Waals surface area contributed by atoms with E-state index >= 15 is 0 Å². The van der Waals surface area contributed by atoms with Crippen LogP contribution in [0.2, 0.25) is 0 Å². The van der Waals surface area contributed by atoms with E-state index in [4.69, 9.17) is 9.52 Å². The highest BCUT2D eigenvalue weighted by Crippen LogP contribution is 2.21. The van der Waals surface area contributed by atoms with Gasteiger partial charge in [0.15, 0.2) is 5.69 Å². The van der Waals surface area contributed by atoms with Gasteiger partial charge in [-0.25, -0.2) is 9.78 Å². The third kappa shape index (κ3) is 3.49. The Hall–Kier alpha value is -2.15. The molecule has 0 spiro atoms. The summed E-state index contributed by atoms with van der Waals surface area (Å²) in [5.74, 6) is 0.218. The second-order valence-electron chi connectivity index (χ2n) is 4.89. The molecule has 2 N–H and O–H groups in total. The number of aromatic carboxylic acids is 1. The van der Waals surface area contributed by atoms with E-state index in [0.29, 0.717) is 16.3 Å². The van der Waals surface area contributed by atoms with Crippen molar-refractivity contribution in [2.45, 2.75) is 33.2 Å². The van der Waals surface area contributed by atoms with Crippen molar-refractivity contribution in [2.75, 3.05) is 0 Å². The maximum absolute atomic E-state index is 12.1. The molecular formula is C14H16N2O4S. The van der Waals surface area contributed by atoms with Crippen LogP contribution in [0.5, 0.6) is 0 Å². The molecule has 112 valence electrons. The molecule has 7 heteroatoms. The molecule has 0 aliphatic carbocycles. The Morgan fingerprint density at radius 1 is 1.48 bits per heavy atom. The van der Waals surface area contributed by atoms with Crippen molar-refractivity contribution in [3.63, 3.8) is 0 Å². The van der Waals surface area contributed by atoms with Gasteiger partial charge >= 0.3 is 5.97 Å². The van der Waals surface area contributed by atoms with Crippen LogP contribution in [0.15, 0.2) is 15.9 Å². The van der Waals surface area contributed by atoms with Crippen molar-refractivity contribution >= 4 is 23.2 Å². The van der Waals surface area contributed by atoms with E-state index < -0.39 is 5.97 Å². The molecule has 1 amide bonds. The number of carboxylic acid groups (broad SMARTS) is 1. The van der Waals surface area contributed by atoms with Gasteiger partial charge in [-0.05, 0) is 13.0 Å². The Balaban J connectivity index is 2.02. The van der Waals surface area contributed by atoms with E-state index in [1.165, 1.54) is 16.7 Å².